The van der Waals surface area contributed by atoms with Crippen molar-refractivity contribution in [1.29, 1.82) is 0 Å². The van der Waals surface area contributed by atoms with Crippen LogP contribution in [0, 0.1) is 5.92 Å². The van der Waals surface area contributed by atoms with E-state index in [1.165, 1.54) is 12.0 Å². The van der Waals surface area contributed by atoms with Crippen LogP contribution >= 0.6 is 0 Å². The molecular formula is C26H26FN5O. The van der Waals surface area contributed by atoms with Gasteiger partial charge in [0, 0.05) is 48.3 Å². The Balaban J connectivity index is 1.28. The van der Waals surface area contributed by atoms with Crippen LogP contribution in [-0.4, -0.2) is 53.6 Å². The molecule has 2 aromatic carbocycles. The number of aromatic nitrogens is 2. The van der Waals surface area contributed by atoms with Gasteiger partial charge in [0.15, 0.2) is 0 Å². The second-order valence-electron chi connectivity index (χ2n) is 9.43. The summed E-state index contributed by atoms with van der Waals surface area (Å²) in [5, 5.41) is 2.87. The highest BCUT2D eigenvalue weighted by Crippen LogP contribution is 2.59. The standard InChI is InChI=1S/C26H26FN5O/c27-8-10-32-14-20-12-26(20,15-32)19-4-1-16(2-5-19)22-13-30-24(28)23(31-22)18-3-6-21-17(11-18)7-9-29-25(21)33/h1-6,11,13,20H,7-10,12,14-15H2,(H2,28,30)(H,29,33)/t20-,26+/m1/s1. The molecule has 2 fully saturated rings. The number of nitrogens with one attached hydrogen (secondary N) is 1. The van der Waals surface area contributed by atoms with Gasteiger partial charge in [-0.15, -0.1) is 0 Å². The summed E-state index contributed by atoms with van der Waals surface area (Å²) >= 11 is 0. The van der Waals surface area contributed by atoms with E-state index in [0.29, 0.717) is 36.1 Å². The Labute approximate surface area is 192 Å². The number of alkyl halides is 1. The minimum absolute atomic E-state index is 0.0388. The fraction of sp³-hybridized carbons (Fsp3) is 0.346. The molecule has 3 heterocycles. The van der Waals surface area contributed by atoms with Crippen molar-refractivity contribution in [3.63, 3.8) is 0 Å². The second-order valence-corrected chi connectivity index (χ2v) is 9.43. The molecule has 1 aromatic heterocycles. The van der Waals surface area contributed by atoms with Gasteiger partial charge >= 0.3 is 0 Å². The van der Waals surface area contributed by atoms with Gasteiger partial charge in [-0.3, -0.25) is 9.69 Å². The van der Waals surface area contributed by atoms with Crippen molar-refractivity contribution in [3.8, 4) is 22.5 Å². The molecule has 1 amide bonds. The number of carbonyl (C=O) groups is 1. The maximum Gasteiger partial charge on any atom is 0.251 e. The molecule has 6 nitrogen and oxygen atoms in total. The predicted octanol–water partition coefficient (Wildman–Crippen LogP) is 3.22. The molecule has 1 saturated carbocycles. The highest BCUT2D eigenvalue weighted by Gasteiger charge is 2.60. The van der Waals surface area contributed by atoms with Crippen LogP contribution in [0.2, 0.25) is 0 Å². The molecule has 2 aliphatic heterocycles. The topological polar surface area (TPSA) is 84.1 Å². The van der Waals surface area contributed by atoms with Crippen LogP contribution in [0.4, 0.5) is 10.2 Å². The number of rotatable bonds is 5. The lowest BCUT2D eigenvalue weighted by molar-refractivity contribution is 0.0946. The number of fused-ring (bicyclic) bond motifs is 2. The Morgan fingerprint density at radius 1 is 1.18 bits per heavy atom. The van der Waals surface area contributed by atoms with Gasteiger partial charge in [-0.2, -0.15) is 0 Å². The third-order valence-electron chi connectivity index (χ3n) is 7.48. The molecule has 168 valence electrons. The van der Waals surface area contributed by atoms with Gasteiger partial charge in [0.1, 0.15) is 18.2 Å². The number of hydrogen-bond donors (Lipinski definition) is 2. The van der Waals surface area contributed by atoms with Crippen LogP contribution in [0.15, 0.2) is 48.7 Å². The Hall–Kier alpha value is -3.32. The summed E-state index contributed by atoms with van der Waals surface area (Å²) in [6.07, 6.45) is 3.68. The number of amides is 1. The lowest BCUT2D eigenvalue weighted by atomic mass is 9.93. The molecule has 0 radical (unpaired) electrons. The molecule has 7 heteroatoms. The lowest BCUT2D eigenvalue weighted by Crippen LogP contribution is -2.31. The van der Waals surface area contributed by atoms with Crippen LogP contribution in [0.3, 0.4) is 0 Å². The molecule has 3 aromatic rings. The van der Waals surface area contributed by atoms with Crippen molar-refractivity contribution in [3.05, 3.63) is 65.4 Å². The molecule has 1 aliphatic carbocycles. The molecule has 1 saturated heterocycles. The number of likely N-dealkylation sites (tertiary alicyclic amines) is 1. The van der Waals surface area contributed by atoms with E-state index < -0.39 is 0 Å². The molecule has 3 N–H and O–H groups in total. The summed E-state index contributed by atoms with van der Waals surface area (Å²) in [7, 11) is 0. The number of hydrogen-bond acceptors (Lipinski definition) is 5. The maximum atomic E-state index is 12.8. The number of carbonyl (C=O) groups excluding carboxylic acids is 1. The van der Waals surface area contributed by atoms with Gasteiger partial charge in [0.25, 0.3) is 5.91 Å². The number of nitrogens with zero attached hydrogens (tertiary/aromatic N) is 3. The van der Waals surface area contributed by atoms with E-state index in [1.807, 2.05) is 18.2 Å². The Morgan fingerprint density at radius 2 is 2.00 bits per heavy atom. The number of nitrogens with two attached hydrogens (primary N) is 1. The third kappa shape index (κ3) is 3.38. The van der Waals surface area contributed by atoms with Gasteiger partial charge in [-0.05, 0) is 42.0 Å². The fourth-order valence-electron chi connectivity index (χ4n) is 5.62. The third-order valence-corrected chi connectivity index (χ3v) is 7.48. The zero-order chi connectivity index (χ0) is 22.6. The molecule has 3 aliphatic rings. The fourth-order valence-corrected chi connectivity index (χ4v) is 5.62. The zero-order valence-electron chi connectivity index (χ0n) is 18.4. The van der Waals surface area contributed by atoms with Crippen molar-refractivity contribution < 1.29 is 9.18 Å². The highest BCUT2D eigenvalue weighted by molar-refractivity contribution is 5.97. The first-order valence-electron chi connectivity index (χ1n) is 11.5. The van der Waals surface area contributed by atoms with Gasteiger partial charge in [-0.1, -0.05) is 30.3 Å². The average Bonchev–Trinajstić information content (AvgIpc) is 3.41. The predicted molar refractivity (Wildman–Crippen MR) is 126 cm³/mol. The summed E-state index contributed by atoms with van der Waals surface area (Å²) in [5.41, 5.74) is 12.7. The van der Waals surface area contributed by atoms with E-state index in [2.05, 4.69) is 39.5 Å². The number of benzene rings is 2. The molecule has 2 atom stereocenters. The van der Waals surface area contributed by atoms with Crippen molar-refractivity contribution in [2.75, 3.05) is 38.6 Å². The normalized spacial score (nSPS) is 23.7. The summed E-state index contributed by atoms with van der Waals surface area (Å²) in [4.78, 5) is 23.5. The largest absolute Gasteiger partial charge is 0.382 e. The SMILES string of the molecule is Nc1ncc(-c2ccc([C@@]34C[C@@H]3CN(CCF)C4)cc2)nc1-c1ccc2c(c1)CCNC2=O. The number of nitrogen functional groups attached to an aromatic ring is 1. The van der Waals surface area contributed by atoms with Gasteiger partial charge in [0.05, 0.1) is 11.9 Å². The van der Waals surface area contributed by atoms with Crippen molar-refractivity contribution >= 4 is 11.7 Å². The first-order valence-corrected chi connectivity index (χ1v) is 11.5. The molecule has 0 bridgehead atoms. The zero-order valence-corrected chi connectivity index (χ0v) is 18.4. The molecular weight excluding hydrogens is 417 g/mol. The number of anilines is 1. The van der Waals surface area contributed by atoms with E-state index in [4.69, 9.17) is 10.7 Å². The van der Waals surface area contributed by atoms with Gasteiger partial charge in [-0.25, -0.2) is 14.4 Å². The summed E-state index contributed by atoms with van der Waals surface area (Å²) in [5.74, 6) is 0.973. The molecule has 33 heavy (non-hydrogen) atoms. The molecule has 6 rings (SSSR count). The summed E-state index contributed by atoms with van der Waals surface area (Å²) in [6.45, 7) is 2.84. The molecule has 0 unspecified atom stereocenters. The maximum absolute atomic E-state index is 12.8. The summed E-state index contributed by atoms with van der Waals surface area (Å²) < 4.78 is 12.8. The van der Waals surface area contributed by atoms with Gasteiger partial charge in [0.2, 0.25) is 0 Å². The van der Waals surface area contributed by atoms with E-state index in [0.717, 1.165) is 41.9 Å². The summed E-state index contributed by atoms with van der Waals surface area (Å²) in [6, 6.07) is 14.3. The van der Waals surface area contributed by atoms with Crippen LogP contribution in [0.25, 0.3) is 22.5 Å². The Bertz CT molecular complexity index is 1240. The van der Waals surface area contributed by atoms with E-state index >= 15 is 0 Å². The number of piperidine rings is 1. The minimum Gasteiger partial charge on any atom is -0.382 e. The van der Waals surface area contributed by atoms with Crippen LogP contribution in [-0.2, 0) is 11.8 Å². The highest BCUT2D eigenvalue weighted by atomic mass is 19.1. The van der Waals surface area contributed by atoms with Crippen LogP contribution < -0.4 is 11.1 Å². The first kappa shape index (κ1) is 20.3. The molecule has 0 spiro atoms. The van der Waals surface area contributed by atoms with Crippen LogP contribution in [0.1, 0.15) is 27.9 Å². The smallest absolute Gasteiger partial charge is 0.251 e. The minimum atomic E-state index is -0.280. The Kier molecular flexibility index (Phi) is 4.69. The van der Waals surface area contributed by atoms with Crippen molar-refractivity contribution in [1.82, 2.24) is 20.2 Å². The van der Waals surface area contributed by atoms with Crippen molar-refractivity contribution in [2.24, 2.45) is 5.92 Å². The quantitative estimate of drug-likeness (QED) is 0.633. The average molecular weight is 444 g/mol. The number of halogens is 1. The second kappa shape index (κ2) is 7.63. The lowest BCUT2D eigenvalue weighted by Gasteiger charge is -2.20. The Morgan fingerprint density at radius 3 is 2.82 bits per heavy atom. The van der Waals surface area contributed by atoms with E-state index in [9.17, 15) is 9.18 Å². The monoisotopic (exact) mass is 443 g/mol. The van der Waals surface area contributed by atoms with E-state index in [-0.39, 0.29) is 18.0 Å². The van der Waals surface area contributed by atoms with Crippen LogP contribution in [0.5, 0.6) is 0 Å². The van der Waals surface area contributed by atoms with Crippen molar-refractivity contribution in [2.45, 2.75) is 18.3 Å². The van der Waals surface area contributed by atoms with Gasteiger partial charge < -0.3 is 11.1 Å². The van der Waals surface area contributed by atoms with E-state index in [1.54, 1.807) is 6.20 Å². The first-order chi connectivity index (χ1) is 16.1.